The van der Waals surface area contributed by atoms with Gasteiger partial charge in [0.1, 0.15) is 23.2 Å². The van der Waals surface area contributed by atoms with E-state index in [0.717, 1.165) is 10.0 Å². The van der Waals surface area contributed by atoms with Crippen molar-refractivity contribution in [2.75, 3.05) is 7.11 Å². The van der Waals surface area contributed by atoms with E-state index in [-0.39, 0.29) is 5.57 Å². The number of rotatable bonds is 3. The first-order chi connectivity index (χ1) is 9.63. The van der Waals surface area contributed by atoms with Crippen molar-refractivity contribution in [1.82, 2.24) is 0 Å². The predicted octanol–water partition coefficient (Wildman–Crippen LogP) is 3.79. The van der Waals surface area contributed by atoms with Crippen LogP contribution in [0.5, 0.6) is 0 Å². The molecule has 0 spiro atoms. The summed E-state index contributed by atoms with van der Waals surface area (Å²) in [7, 11) is 1.23. The Hall–Kier alpha value is -2.32. The molecule has 2 rings (SSSR count). The summed E-state index contributed by atoms with van der Waals surface area (Å²) in [5.41, 5.74) is 0.800. The van der Waals surface area contributed by atoms with Crippen LogP contribution in [0.4, 0.5) is 0 Å². The Morgan fingerprint density at radius 2 is 2.00 bits per heavy atom. The number of methoxy groups -OCH3 is 1. The van der Waals surface area contributed by atoms with E-state index in [1.165, 1.54) is 13.2 Å². The van der Waals surface area contributed by atoms with Crippen LogP contribution in [0.1, 0.15) is 5.76 Å². The maximum Gasteiger partial charge on any atom is 0.348 e. The van der Waals surface area contributed by atoms with E-state index in [4.69, 9.17) is 9.68 Å². The Morgan fingerprint density at radius 3 is 2.60 bits per heavy atom. The number of benzene rings is 1. The molecule has 0 N–H and O–H groups in total. The quantitative estimate of drug-likeness (QED) is 0.487. The molecule has 2 aromatic rings. The average molecular weight is 332 g/mol. The standard InChI is InChI=1S/C15H10BrNO3/c1-19-15(18)11(9-17)8-13-6-7-14(20-13)10-2-4-12(16)5-3-10/h2-8H,1H3. The number of nitriles is 1. The Morgan fingerprint density at radius 1 is 1.30 bits per heavy atom. The molecule has 1 aromatic heterocycles. The minimum Gasteiger partial charge on any atom is -0.465 e. The molecule has 4 nitrogen and oxygen atoms in total. The molecule has 0 unspecified atom stereocenters. The van der Waals surface area contributed by atoms with Gasteiger partial charge in [-0.2, -0.15) is 5.26 Å². The number of nitrogens with zero attached hydrogens (tertiary/aromatic N) is 1. The third-order valence-corrected chi connectivity index (χ3v) is 3.10. The van der Waals surface area contributed by atoms with Gasteiger partial charge in [-0.05, 0) is 24.3 Å². The molecule has 1 heterocycles. The molecule has 1 aromatic carbocycles. The van der Waals surface area contributed by atoms with Crippen LogP contribution in [0.2, 0.25) is 0 Å². The molecule has 5 heteroatoms. The van der Waals surface area contributed by atoms with Gasteiger partial charge in [0, 0.05) is 16.1 Å². The summed E-state index contributed by atoms with van der Waals surface area (Å²) in [6.45, 7) is 0. The highest BCUT2D eigenvalue weighted by molar-refractivity contribution is 9.10. The molecule has 0 aliphatic heterocycles. The monoisotopic (exact) mass is 331 g/mol. The molecule has 0 amide bonds. The third kappa shape index (κ3) is 3.16. The number of ether oxygens (including phenoxy) is 1. The van der Waals surface area contributed by atoms with E-state index in [2.05, 4.69) is 20.7 Å². The highest BCUT2D eigenvalue weighted by Crippen LogP contribution is 2.25. The summed E-state index contributed by atoms with van der Waals surface area (Å²) < 4.78 is 11.1. The summed E-state index contributed by atoms with van der Waals surface area (Å²) in [6, 6.07) is 12.9. The van der Waals surface area contributed by atoms with Crippen LogP contribution in [0.3, 0.4) is 0 Å². The van der Waals surface area contributed by atoms with Gasteiger partial charge in [-0.15, -0.1) is 0 Å². The second-order valence-electron chi connectivity index (χ2n) is 3.87. The van der Waals surface area contributed by atoms with Crippen molar-refractivity contribution in [3.05, 3.63) is 52.2 Å². The number of furan rings is 1. The van der Waals surface area contributed by atoms with Gasteiger partial charge >= 0.3 is 5.97 Å². The zero-order valence-corrected chi connectivity index (χ0v) is 12.2. The van der Waals surface area contributed by atoms with E-state index in [9.17, 15) is 4.79 Å². The largest absolute Gasteiger partial charge is 0.465 e. The SMILES string of the molecule is COC(=O)C(C#N)=Cc1ccc(-c2ccc(Br)cc2)o1. The van der Waals surface area contributed by atoms with Gasteiger partial charge in [0.05, 0.1) is 7.11 Å². The van der Waals surface area contributed by atoms with Crippen LogP contribution < -0.4 is 0 Å². The lowest BCUT2D eigenvalue weighted by atomic mass is 10.2. The molecule has 0 saturated heterocycles. The first-order valence-electron chi connectivity index (χ1n) is 5.70. The molecule has 0 aliphatic rings. The number of halogens is 1. The lowest BCUT2D eigenvalue weighted by molar-refractivity contribution is -0.135. The van der Waals surface area contributed by atoms with E-state index in [1.807, 2.05) is 24.3 Å². The van der Waals surface area contributed by atoms with Crippen molar-refractivity contribution in [3.63, 3.8) is 0 Å². The molecule has 0 saturated carbocycles. The first-order valence-corrected chi connectivity index (χ1v) is 6.49. The van der Waals surface area contributed by atoms with Crippen LogP contribution in [0, 0.1) is 11.3 Å². The van der Waals surface area contributed by atoms with Gasteiger partial charge in [0.25, 0.3) is 0 Å². The highest BCUT2D eigenvalue weighted by atomic mass is 79.9. The second-order valence-corrected chi connectivity index (χ2v) is 4.79. The topological polar surface area (TPSA) is 63.2 Å². The maximum atomic E-state index is 11.3. The van der Waals surface area contributed by atoms with Crippen LogP contribution >= 0.6 is 15.9 Å². The van der Waals surface area contributed by atoms with Crippen molar-refractivity contribution in [3.8, 4) is 17.4 Å². The smallest absolute Gasteiger partial charge is 0.348 e. The van der Waals surface area contributed by atoms with Gasteiger partial charge in [-0.1, -0.05) is 28.1 Å². The zero-order chi connectivity index (χ0) is 14.5. The first kappa shape index (κ1) is 14.1. The lowest BCUT2D eigenvalue weighted by Gasteiger charge is -1.97. The van der Waals surface area contributed by atoms with Crippen LogP contribution in [-0.4, -0.2) is 13.1 Å². The summed E-state index contributed by atoms with van der Waals surface area (Å²) in [4.78, 5) is 11.3. The molecule has 0 radical (unpaired) electrons. The average Bonchev–Trinajstić information content (AvgIpc) is 2.93. The maximum absolute atomic E-state index is 11.3. The Kier molecular flexibility index (Phi) is 4.38. The second kappa shape index (κ2) is 6.22. The normalized spacial score (nSPS) is 10.9. The summed E-state index contributed by atoms with van der Waals surface area (Å²) in [5, 5.41) is 8.88. The van der Waals surface area contributed by atoms with Gasteiger partial charge in [-0.3, -0.25) is 0 Å². The fourth-order valence-corrected chi connectivity index (χ4v) is 1.85. The predicted molar refractivity (Wildman–Crippen MR) is 77.5 cm³/mol. The summed E-state index contributed by atoms with van der Waals surface area (Å²) >= 11 is 3.36. The molecular weight excluding hydrogens is 322 g/mol. The molecule has 0 fully saturated rings. The number of hydrogen-bond donors (Lipinski definition) is 0. The van der Waals surface area contributed by atoms with E-state index in [1.54, 1.807) is 18.2 Å². The number of carbonyl (C=O) groups is 1. The fraction of sp³-hybridized carbons (Fsp3) is 0.0667. The molecule has 100 valence electrons. The van der Waals surface area contributed by atoms with Gasteiger partial charge in [-0.25, -0.2) is 4.79 Å². The summed E-state index contributed by atoms with van der Waals surface area (Å²) in [5.74, 6) is 0.393. The van der Waals surface area contributed by atoms with E-state index in [0.29, 0.717) is 11.5 Å². The number of esters is 1. The van der Waals surface area contributed by atoms with Crippen LogP contribution in [0.25, 0.3) is 17.4 Å². The summed E-state index contributed by atoms with van der Waals surface area (Å²) in [6.07, 6.45) is 1.36. The minimum absolute atomic E-state index is 0.107. The van der Waals surface area contributed by atoms with Crippen molar-refractivity contribution in [2.24, 2.45) is 0 Å². The van der Waals surface area contributed by atoms with E-state index < -0.39 is 5.97 Å². The lowest BCUT2D eigenvalue weighted by Crippen LogP contribution is -2.02. The third-order valence-electron chi connectivity index (χ3n) is 2.57. The van der Waals surface area contributed by atoms with Gasteiger partial charge in [0.15, 0.2) is 0 Å². The van der Waals surface area contributed by atoms with Crippen molar-refractivity contribution < 1.29 is 13.9 Å². The number of hydrogen-bond acceptors (Lipinski definition) is 4. The molecule has 0 atom stereocenters. The molecule has 20 heavy (non-hydrogen) atoms. The Bertz CT molecular complexity index is 693. The molecular formula is C15H10BrNO3. The Labute approximate surface area is 124 Å². The van der Waals surface area contributed by atoms with E-state index >= 15 is 0 Å². The molecule has 0 aliphatic carbocycles. The van der Waals surface area contributed by atoms with Gasteiger partial charge in [0.2, 0.25) is 0 Å². The van der Waals surface area contributed by atoms with Gasteiger partial charge < -0.3 is 9.15 Å². The number of carbonyl (C=O) groups excluding carboxylic acids is 1. The van der Waals surface area contributed by atoms with Crippen LogP contribution in [-0.2, 0) is 9.53 Å². The highest BCUT2D eigenvalue weighted by Gasteiger charge is 2.10. The van der Waals surface area contributed by atoms with Crippen molar-refractivity contribution >= 4 is 28.0 Å². The molecule has 0 bridgehead atoms. The minimum atomic E-state index is -0.686. The Balaban J connectivity index is 2.29. The van der Waals surface area contributed by atoms with Crippen molar-refractivity contribution in [1.29, 1.82) is 5.26 Å². The van der Waals surface area contributed by atoms with Crippen LogP contribution in [0.15, 0.2) is 50.9 Å². The zero-order valence-electron chi connectivity index (χ0n) is 10.6. The fourth-order valence-electron chi connectivity index (χ4n) is 1.59. The van der Waals surface area contributed by atoms with Crippen molar-refractivity contribution in [2.45, 2.75) is 0 Å².